The van der Waals surface area contributed by atoms with Crippen LogP contribution in [0.25, 0.3) is 33.3 Å². The standard InChI is InChI=1S/C21H16N6O2/c1-2-28-15-6-8-17-16(11-15)21(25-20(24-17)13-4-3-9-22-12-13)23-14-5-7-18-19(10-14)27-29-26-18/h3-12H,2H2,1H3,(H,23,24,25). The molecule has 0 amide bonds. The molecule has 5 rings (SSSR count). The van der Waals surface area contributed by atoms with Gasteiger partial charge < -0.3 is 10.1 Å². The van der Waals surface area contributed by atoms with E-state index >= 15 is 0 Å². The Balaban J connectivity index is 1.65. The Kier molecular flexibility index (Phi) is 4.21. The smallest absolute Gasteiger partial charge is 0.163 e. The molecule has 0 fully saturated rings. The van der Waals surface area contributed by atoms with Crippen molar-refractivity contribution in [1.29, 1.82) is 0 Å². The molecule has 0 aliphatic heterocycles. The SMILES string of the molecule is CCOc1ccc2nc(-c3cccnc3)nc(Nc3ccc4nonc4c3)c2c1. The number of hydrogen-bond donors (Lipinski definition) is 1. The zero-order valence-corrected chi connectivity index (χ0v) is 15.5. The minimum absolute atomic E-state index is 0.582. The first kappa shape index (κ1) is 17.1. The second-order valence-electron chi connectivity index (χ2n) is 6.34. The van der Waals surface area contributed by atoms with Crippen molar-refractivity contribution in [2.45, 2.75) is 6.92 Å². The number of rotatable bonds is 5. The van der Waals surface area contributed by atoms with Crippen LogP contribution in [0.4, 0.5) is 11.5 Å². The van der Waals surface area contributed by atoms with Gasteiger partial charge in [0.05, 0.1) is 12.1 Å². The fourth-order valence-corrected chi connectivity index (χ4v) is 3.08. The molecule has 0 spiro atoms. The van der Waals surface area contributed by atoms with Crippen molar-refractivity contribution in [2.24, 2.45) is 0 Å². The van der Waals surface area contributed by atoms with E-state index in [1.807, 2.05) is 55.5 Å². The van der Waals surface area contributed by atoms with Crippen LogP contribution in [0.5, 0.6) is 5.75 Å². The van der Waals surface area contributed by atoms with Crippen LogP contribution in [-0.4, -0.2) is 31.9 Å². The molecule has 29 heavy (non-hydrogen) atoms. The third kappa shape index (κ3) is 3.31. The summed E-state index contributed by atoms with van der Waals surface area (Å²) >= 11 is 0. The molecule has 142 valence electrons. The van der Waals surface area contributed by atoms with Crippen molar-refractivity contribution in [3.8, 4) is 17.1 Å². The van der Waals surface area contributed by atoms with Crippen molar-refractivity contribution in [1.82, 2.24) is 25.3 Å². The molecule has 5 aromatic rings. The third-order valence-corrected chi connectivity index (χ3v) is 4.41. The van der Waals surface area contributed by atoms with Gasteiger partial charge in [0.2, 0.25) is 0 Å². The lowest BCUT2D eigenvalue weighted by Crippen LogP contribution is -2.00. The number of ether oxygens (including phenoxy) is 1. The number of pyridine rings is 1. The number of aromatic nitrogens is 5. The highest BCUT2D eigenvalue weighted by Crippen LogP contribution is 2.30. The Morgan fingerprint density at radius 1 is 0.966 bits per heavy atom. The number of anilines is 2. The maximum absolute atomic E-state index is 5.66. The summed E-state index contributed by atoms with van der Waals surface area (Å²) in [5.74, 6) is 2.00. The Hall–Kier alpha value is -4.07. The molecule has 2 aromatic carbocycles. The topological polar surface area (TPSA) is 98.9 Å². The number of benzene rings is 2. The molecular formula is C21H16N6O2. The van der Waals surface area contributed by atoms with E-state index in [0.717, 1.165) is 27.9 Å². The van der Waals surface area contributed by atoms with Crippen LogP contribution in [0.3, 0.4) is 0 Å². The van der Waals surface area contributed by atoms with Crippen molar-refractivity contribution >= 4 is 33.4 Å². The summed E-state index contributed by atoms with van der Waals surface area (Å²) < 4.78 is 10.4. The highest BCUT2D eigenvalue weighted by atomic mass is 16.6. The van der Waals surface area contributed by atoms with Gasteiger partial charge in [-0.05, 0) is 65.8 Å². The number of nitrogens with one attached hydrogen (secondary N) is 1. The van der Waals surface area contributed by atoms with Gasteiger partial charge in [-0.2, -0.15) is 0 Å². The van der Waals surface area contributed by atoms with Gasteiger partial charge in [0.1, 0.15) is 22.6 Å². The van der Waals surface area contributed by atoms with Gasteiger partial charge in [0.25, 0.3) is 0 Å². The summed E-state index contributed by atoms with van der Waals surface area (Å²) in [6.07, 6.45) is 3.46. The fourth-order valence-electron chi connectivity index (χ4n) is 3.08. The molecule has 3 heterocycles. The molecule has 0 radical (unpaired) electrons. The Morgan fingerprint density at radius 3 is 2.72 bits per heavy atom. The number of nitrogens with zero attached hydrogens (tertiary/aromatic N) is 5. The lowest BCUT2D eigenvalue weighted by atomic mass is 10.2. The molecule has 3 aromatic heterocycles. The van der Waals surface area contributed by atoms with Crippen LogP contribution in [0, 0.1) is 0 Å². The average molecular weight is 384 g/mol. The van der Waals surface area contributed by atoms with Gasteiger partial charge in [-0.3, -0.25) is 4.98 Å². The quantitative estimate of drug-likeness (QED) is 0.477. The van der Waals surface area contributed by atoms with Crippen LogP contribution in [0.1, 0.15) is 6.92 Å². The van der Waals surface area contributed by atoms with Crippen molar-refractivity contribution in [2.75, 3.05) is 11.9 Å². The van der Waals surface area contributed by atoms with Crippen LogP contribution in [0.15, 0.2) is 65.6 Å². The molecule has 8 nitrogen and oxygen atoms in total. The van der Waals surface area contributed by atoms with Gasteiger partial charge in [-0.25, -0.2) is 14.6 Å². The van der Waals surface area contributed by atoms with Crippen molar-refractivity contribution < 1.29 is 9.37 Å². The zero-order chi connectivity index (χ0) is 19.6. The van der Waals surface area contributed by atoms with Gasteiger partial charge >= 0.3 is 0 Å². The molecule has 0 aliphatic carbocycles. The normalized spacial score (nSPS) is 11.1. The largest absolute Gasteiger partial charge is 0.494 e. The van der Waals surface area contributed by atoms with Crippen molar-refractivity contribution in [3.63, 3.8) is 0 Å². The molecule has 1 N–H and O–H groups in total. The molecule has 0 saturated heterocycles. The highest BCUT2D eigenvalue weighted by Gasteiger charge is 2.12. The number of fused-ring (bicyclic) bond motifs is 2. The summed E-state index contributed by atoms with van der Waals surface area (Å²) in [4.78, 5) is 13.6. The maximum Gasteiger partial charge on any atom is 0.163 e. The maximum atomic E-state index is 5.66. The Morgan fingerprint density at radius 2 is 1.86 bits per heavy atom. The van der Waals surface area contributed by atoms with E-state index in [0.29, 0.717) is 29.3 Å². The lowest BCUT2D eigenvalue weighted by molar-refractivity contribution is 0.315. The summed E-state index contributed by atoms with van der Waals surface area (Å²) in [6, 6.07) is 15.2. The Labute approximate surface area is 165 Å². The van der Waals surface area contributed by atoms with E-state index in [9.17, 15) is 0 Å². The number of hydrogen-bond acceptors (Lipinski definition) is 8. The van der Waals surface area contributed by atoms with Gasteiger partial charge in [-0.15, -0.1) is 0 Å². The predicted molar refractivity (Wildman–Crippen MR) is 109 cm³/mol. The second kappa shape index (κ2) is 7.16. The molecule has 0 aliphatic rings. The first-order valence-corrected chi connectivity index (χ1v) is 9.14. The lowest BCUT2D eigenvalue weighted by Gasteiger charge is -2.12. The average Bonchev–Trinajstić information content (AvgIpc) is 3.23. The van der Waals surface area contributed by atoms with Crippen LogP contribution in [0.2, 0.25) is 0 Å². The van der Waals surface area contributed by atoms with E-state index in [1.54, 1.807) is 12.4 Å². The van der Waals surface area contributed by atoms with Crippen molar-refractivity contribution in [3.05, 3.63) is 60.9 Å². The van der Waals surface area contributed by atoms with E-state index in [2.05, 4.69) is 20.6 Å². The van der Waals surface area contributed by atoms with Gasteiger partial charge in [-0.1, -0.05) is 0 Å². The summed E-state index contributed by atoms with van der Waals surface area (Å²) in [6.45, 7) is 2.53. The van der Waals surface area contributed by atoms with Gasteiger partial charge in [0, 0.05) is 29.0 Å². The first-order chi connectivity index (χ1) is 14.3. The minimum atomic E-state index is 0.582. The zero-order valence-electron chi connectivity index (χ0n) is 15.5. The van der Waals surface area contributed by atoms with Gasteiger partial charge in [0.15, 0.2) is 5.82 Å². The molecule has 0 unspecified atom stereocenters. The minimum Gasteiger partial charge on any atom is -0.494 e. The summed E-state index contributed by atoms with van der Waals surface area (Å²) in [5, 5.41) is 12.0. The van der Waals surface area contributed by atoms with E-state index < -0.39 is 0 Å². The third-order valence-electron chi connectivity index (χ3n) is 4.41. The highest BCUT2D eigenvalue weighted by molar-refractivity contribution is 5.94. The second-order valence-corrected chi connectivity index (χ2v) is 6.34. The Bertz CT molecular complexity index is 1300. The van der Waals surface area contributed by atoms with Crippen LogP contribution >= 0.6 is 0 Å². The molecule has 8 heteroatoms. The molecule has 0 atom stereocenters. The van der Waals surface area contributed by atoms with Crippen LogP contribution in [-0.2, 0) is 0 Å². The molecular weight excluding hydrogens is 368 g/mol. The first-order valence-electron chi connectivity index (χ1n) is 9.14. The molecule has 0 bridgehead atoms. The predicted octanol–water partition coefficient (Wildman–Crippen LogP) is 4.37. The molecule has 0 saturated carbocycles. The van der Waals surface area contributed by atoms with Crippen LogP contribution < -0.4 is 10.1 Å². The van der Waals surface area contributed by atoms with E-state index in [1.165, 1.54) is 0 Å². The monoisotopic (exact) mass is 384 g/mol. The summed E-state index contributed by atoms with van der Waals surface area (Å²) in [5.41, 5.74) is 3.80. The van der Waals surface area contributed by atoms with E-state index in [-0.39, 0.29) is 0 Å². The summed E-state index contributed by atoms with van der Waals surface area (Å²) in [7, 11) is 0. The fraction of sp³-hybridized carbons (Fsp3) is 0.0952. The van der Waals surface area contributed by atoms with E-state index in [4.69, 9.17) is 19.3 Å².